The highest BCUT2D eigenvalue weighted by atomic mass is 32.1. The topological polar surface area (TPSA) is 59.7 Å². The van der Waals surface area contributed by atoms with Crippen molar-refractivity contribution in [1.29, 1.82) is 0 Å². The van der Waals surface area contributed by atoms with Gasteiger partial charge in [-0.1, -0.05) is 26.0 Å². The van der Waals surface area contributed by atoms with Gasteiger partial charge >= 0.3 is 5.63 Å². The molecule has 5 heteroatoms. The van der Waals surface area contributed by atoms with Gasteiger partial charge in [-0.05, 0) is 56.0 Å². The first-order chi connectivity index (χ1) is 14.0. The summed E-state index contributed by atoms with van der Waals surface area (Å²) in [5, 5.41) is 10.7. The number of aryl methyl sites for hydroxylation is 1. The third-order valence-corrected chi connectivity index (χ3v) is 6.50. The minimum Gasteiger partial charge on any atom is -0.507 e. The number of ether oxygens (including phenoxy) is 1. The Morgan fingerprint density at radius 1 is 1.10 bits per heavy atom. The van der Waals surface area contributed by atoms with Crippen molar-refractivity contribution in [3.63, 3.8) is 0 Å². The Labute approximate surface area is 175 Å². The number of hydrogen-bond donors (Lipinski definition) is 1. The molecule has 2 atom stereocenters. The third-order valence-electron chi connectivity index (χ3n) is 5.38. The van der Waals surface area contributed by atoms with Gasteiger partial charge < -0.3 is 14.3 Å². The van der Waals surface area contributed by atoms with Crippen molar-refractivity contribution in [3.05, 3.63) is 79.5 Å². The maximum Gasteiger partial charge on any atom is 0.343 e. The normalized spacial score (nSPS) is 13.2. The van der Waals surface area contributed by atoms with Crippen molar-refractivity contribution in [2.45, 2.75) is 51.9 Å². The van der Waals surface area contributed by atoms with Gasteiger partial charge in [0.25, 0.3) is 0 Å². The molecule has 1 N–H and O–H groups in total. The Balaban J connectivity index is 1.91. The zero-order valence-electron chi connectivity index (χ0n) is 17.4. The molecule has 0 aliphatic rings. The molecule has 1 aromatic carbocycles. The van der Waals surface area contributed by atoms with E-state index in [1.54, 1.807) is 24.5 Å². The predicted octanol–water partition coefficient (Wildman–Crippen LogP) is 6.00. The summed E-state index contributed by atoms with van der Waals surface area (Å²) in [5.74, 6) is 1.24. The van der Waals surface area contributed by atoms with Gasteiger partial charge in [0.15, 0.2) is 0 Å². The summed E-state index contributed by atoms with van der Waals surface area (Å²) in [5.41, 5.74) is 1.05. The first-order valence-corrected chi connectivity index (χ1v) is 10.8. The van der Waals surface area contributed by atoms with Crippen molar-refractivity contribution >= 4 is 11.3 Å². The van der Waals surface area contributed by atoms with E-state index in [2.05, 4.69) is 6.92 Å². The lowest BCUT2D eigenvalue weighted by Crippen LogP contribution is -2.15. The van der Waals surface area contributed by atoms with Crippen molar-refractivity contribution in [3.8, 4) is 11.5 Å². The largest absolute Gasteiger partial charge is 0.507 e. The van der Waals surface area contributed by atoms with Crippen LogP contribution in [0.5, 0.6) is 11.5 Å². The Kier molecular flexibility index (Phi) is 6.80. The molecular weight excluding hydrogens is 384 g/mol. The van der Waals surface area contributed by atoms with Crippen LogP contribution in [0.4, 0.5) is 0 Å². The first-order valence-electron chi connectivity index (χ1n) is 10.0. The number of benzene rings is 1. The fourth-order valence-electron chi connectivity index (χ4n) is 3.71. The fourth-order valence-corrected chi connectivity index (χ4v) is 4.78. The standard InChI is InChI=1S/C24H28O4S/c1-5-17(13-16-8-10-18(27-4)11-9-16)21-14-20(25)23(24(26)28-21)19(6-2)22-12-7-15(3)29-22/h7-12,14,17,19,25H,5-6,13H2,1-4H3. The highest BCUT2D eigenvalue weighted by molar-refractivity contribution is 7.12. The van der Waals surface area contributed by atoms with Crippen molar-refractivity contribution in [2.24, 2.45) is 0 Å². The number of thiophene rings is 1. The highest BCUT2D eigenvalue weighted by Crippen LogP contribution is 2.37. The summed E-state index contributed by atoms with van der Waals surface area (Å²) in [6, 6.07) is 13.6. The molecule has 0 aliphatic heterocycles. The van der Waals surface area contributed by atoms with Gasteiger partial charge in [0, 0.05) is 27.7 Å². The first kappa shape index (κ1) is 21.2. The van der Waals surface area contributed by atoms with Crippen LogP contribution in [0.25, 0.3) is 0 Å². The molecule has 29 heavy (non-hydrogen) atoms. The smallest absolute Gasteiger partial charge is 0.343 e. The number of aromatic hydroxyl groups is 1. The van der Waals surface area contributed by atoms with Crippen LogP contribution in [0.2, 0.25) is 0 Å². The lowest BCUT2D eigenvalue weighted by molar-refractivity contribution is 0.381. The Morgan fingerprint density at radius 2 is 1.83 bits per heavy atom. The maximum atomic E-state index is 12.9. The lowest BCUT2D eigenvalue weighted by atomic mass is 9.91. The molecule has 0 amide bonds. The summed E-state index contributed by atoms with van der Waals surface area (Å²) < 4.78 is 10.9. The Bertz CT molecular complexity index is 1000. The summed E-state index contributed by atoms with van der Waals surface area (Å²) in [4.78, 5) is 15.1. The van der Waals surface area contributed by atoms with Gasteiger partial charge in [0.1, 0.15) is 17.3 Å². The van der Waals surface area contributed by atoms with E-state index in [9.17, 15) is 9.90 Å². The quantitative estimate of drug-likeness (QED) is 0.493. The van der Waals surface area contributed by atoms with Crippen LogP contribution in [0.1, 0.15) is 65.2 Å². The second-order valence-electron chi connectivity index (χ2n) is 7.30. The monoisotopic (exact) mass is 412 g/mol. The second kappa shape index (κ2) is 9.31. The molecule has 3 rings (SSSR count). The predicted molar refractivity (Wildman–Crippen MR) is 118 cm³/mol. The van der Waals surface area contributed by atoms with Crippen molar-refractivity contribution < 1.29 is 14.3 Å². The molecule has 0 saturated heterocycles. The van der Waals surface area contributed by atoms with E-state index in [4.69, 9.17) is 9.15 Å². The molecule has 0 saturated carbocycles. The fraction of sp³-hybridized carbons (Fsp3) is 0.375. The minimum absolute atomic E-state index is 0.0140. The number of rotatable bonds is 8. The molecule has 0 radical (unpaired) electrons. The molecule has 0 aliphatic carbocycles. The molecule has 3 aromatic rings. The van der Waals surface area contributed by atoms with Crippen LogP contribution in [0.3, 0.4) is 0 Å². The maximum absolute atomic E-state index is 12.9. The Morgan fingerprint density at radius 3 is 2.34 bits per heavy atom. The minimum atomic E-state index is -0.439. The zero-order chi connectivity index (χ0) is 21.0. The average molecular weight is 413 g/mol. The van der Waals surface area contributed by atoms with Crippen LogP contribution in [0, 0.1) is 6.92 Å². The van der Waals surface area contributed by atoms with E-state index in [-0.39, 0.29) is 17.6 Å². The van der Waals surface area contributed by atoms with Gasteiger partial charge in [-0.3, -0.25) is 0 Å². The zero-order valence-corrected chi connectivity index (χ0v) is 18.2. The van der Waals surface area contributed by atoms with Gasteiger partial charge in [0.2, 0.25) is 0 Å². The number of methoxy groups -OCH3 is 1. The van der Waals surface area contributed by atoms with E-state index in [1.165, 1.54) is 4.88 Å². The molecule has 0 bridgehead atoms. The highest BCUT2D eigenvalue weighted by Gasteiger charge is 2.25. The van der Waals surface area contributed by atoms with Gasteiger partial charge in [0.05, 0.1) is 12.7 Å². The Hall–Kier alpha value is -2.53. The molecule has 2 heterocycles. The van der Waals surface area contributed by atoms with E-state index in [0.717, 1.165) is 35.5 Å². The molecule has 2 aromatic heterocycles. The molecule has 4 nitrogen and oxygen atoms in total. The summed E-state index contributed by atoms with van der Waals surface area (Å²) in [6.45, 7) is 6.12. The molecular formula is C24H28O4S. The molecule has 0 fully saturated rings. The summed E-state index contributed by atoms with van der Waals surface area (Å²) in [6.07, 6.45) is 2.25. The van der Waals surface area contributed by atoms with Gasteiger partial charge in [-0.2, -0.15) is 0 Å². The number of hydrogen-bond acceptors (Lipinski definition) is 5. The second-order valence-corrected chi connectivity index (χ2v) is 8.62. The van der Waals surface area contributed by atoms with Crippen LogP contribution in [-0.2, 0) is 6.42 Å². The van der Waals surface area contributed by atoms with Crippen LogP contribution >= 0.6 is 11.3 Å². The molecule has 154 valence electrons. The van der Waals surface area contributed by atoms with E-state index >= 15 is 0 Å². The van der Waals surface area contributed by atoms with Gasteiger partial charge in [-0.25, -0.2) is 4.79 Å². The van der Waals surface area contributed by atoms with Crippen molar-refractivity contribution in [1.82, 2.24) is 0 Å². The molecule has 0 spiro atoms. The third kappa shape index (κ3) is 4.73. The average Bonchev–Trinajstić information content (AvgIpc) is 3.15. The van der Waals surface area contributed by atoms with Crippen molar-refractivity contribution in [2.75, 3.05) is 7.11 Å². The summed E-state index contributed by atoms with van der Waals surface area (Å²) >= 11 is 1.65. The summed E-state index contributed by atoms with van der Waals surface area (Å²) in [7, 11) is 1.64. The molecule has 2 unspecified atom stereocenters. The van der Waals surface area contributed by atoms with E-state index in [1.807, 2.05) is 50.2 Å². The van der Waals surface area contributed by atoms with E-state index < -0.39 is 5.63 Å². The SMILES string of the molecule is CCC(Cc1ccc(OC)cc1)c1cc(O)c(C(CC)c2ccc(C)s2)c(=O)o1. The lowest BCUT2D eigenvalue weighted by Gasteiger charge is -2.18. The van der Waals surface area contributed by atoms with Crippen LogP contribution < -0.4 is 10.4 Å². The van der Waals surface area contributed by atoms with E-state index in [0.29, 0.717) is 11.3 Å². The van der Waals surface area contributed by atoms with Crippen LogP contribution in [-0.4, -0.2) is 12.2 Å². The van der Waals surface area contributed by atoms with Crippen LogP contribution in [0.15, 0.2) is 51.7 Å². The van der Waals surface area contributed by atoms with Gasteiger partial charge in [-0.15, -0.1) is 11.3 Å².